The third-order valence-electron chi connectivity index (χ3n) is 2.79. The molecular weight excluding hydrogens is 292 g/mol. The smallest absolute Gasteiger partial charge is 0.387 e. The normalized spacial score (nSPS) is 22.0. The molecule has 0 bridgehead atoms. The largest absolute Gasteiger partial charge is 0.493 e. The quantitative estimate of drug-likeness (QED) is 0.868. The average molecular weight is 305 g/mol. The van der Waals surface area contributed by atoms with Gasteiger partial charge in [0.2, 0.25) is 0 Å². The van der Waals surface area contributed by atoms with Gasteiger partial charge in [-0.25, -0.2) is 0 Å². The number of thioether (sulfide) groups is 1. The standard InChI is InChI=1S/C12H13F2NO4S/c1-18-8-3-2-6(4-9(8)19-12(13)14)10-15-7(5-20-10)11(16)17/h2-4,7,10,12,15H,5H2,1H3,(H,16,17). The predicted octanol–water partition coefficient (Wildman–Crippen LogP) is 2.08. The van der Waals surface area contributed by atoms with Crippen LogP contribution in [0.1, 0.15) is 10.9 Å². The molecule has 1 aliphatic rings. The molecule has 2 N–H and O–H groups in total. The third kappa shape index (κ3) is 3.31. The van der Waals surface area contributed by atoms with Gasteiger partial charge in [0.15, 0.2) is 11.5 Å². The molecule has 0 aliphatic carbocycles. The molecule has 1 aromatic carbocycles. The van der Waals surface area contributed by atoms with Gasteiger partial charge in [-0.3, -0.25) is 10.1 Å². The molecule has 2 rings (SSSR count). The van der Waals surface area contributed by atoms with Crippen molar-refractivity contribution in [2.45, 2.75) is 18.0 Å². The monoisotopic (exact) mass is 305 g/mol. The lowest BCUT2D eigenvalue weighted by atomic mass is 10.2. The Labute approximate surface area is 118 Å². The van der Waals surface area contributed by atoms with Crippen LogP contribution in [0.2, 0.25) is 0 Å². The molecule has 1 fully saturated rings. The molecule has 5 nitrogen and oxygen atoms in total. The number of ether oxygens (including phenoxy) is 2. The highest BCUT2D eigenvalue weighted by Crippen LogP contribution is 2.37. The Morgan fingerprint density at radius 3 is 2.80 bits per heavy atom. The van der Waals surface area contributed by atoms with Crippen molar-refractivity contribution in [3.8, 4) is 11.5 Å². The summed E-state index contributed by atoms with van der Waals surface area (Å²) in [4.78, 5) is 10.9. The maximum Gasteiger partial charge on any atom is 0.387 e. The van der Waals surface area contributed by atoms with Gasteiger partial charge in [0.25, 0.3) is 0 Å². The lowest BCUT2D eigenvalue weighted by Gasteiger charge is -2.15. The van der Waals surface area contributed by atoms with E-state index in [4.69, 9.17) is 9.84 Å². The van der Waals surface area contributed by atoms with Crippen molar-refractivity contribution >= 4 is 17.7 Å². The number of carboxylic acids is 1. The minimum Gasteiger partial charge on any atom is -0.493 e. The van der Waals surface area contributed by atoms with Crippen LogP contribution in [0, 0.1) is 0 Å². The molecule has 1 aliphatic heterocycles. The average Bonchev–Trinajstić information content (AvgIpc) is 2.87. The summed E-state index contributed by atoms with van der Waals surface area (Å²) in [5.41, 5.74) is 0.662. The Balaban J connectivity index is 2.19. The maximum atomic E-state index is 12.3. The van der Waals surface area contributed by atoms with Crippen molar-refractivity contribution in [2.24, 2.45) is 0 Å². The van der Waals surface area contributed by atoms with Gasteiger partial charge < -0.3 is 14.6 Å². The molecule has 0 amide bonds. The van der Waals surface area contributed by atoms with E-state index < -0.39 is 18.6 Å². The van der Waals surface area contributed by atoms with Crippen LogP contribution in [-0.4, -0.2) is 36.6 Å². The highest BCUT2D eigenvalue weighted by atomic mass is 32.2. The maximum absolute atomic E-state index is 12.3. The van der Waals surface area contributed by atoms with E-state index in [2.05, 4.69) is 10.1 Å². The van der Waals surface area contributed by atoms with Gasteiger partial charge in [-0.1, -0.05) is 6.07 Å². The van der Waals surface area contributed by atoms with Crippen LogP contribution >= 0.6 is 11.8 Å². The van der Waals surface area contributed by atoms with E-state index in [0.29, 0.717) is 11.3 Å². The van der Waals surface area contributed by atoms with Crippen molar-refractivity contribution in [1.82, 2.24) is 5.32 Å². The predicted molar refractivity (Wildman–Crippen MR) is 69.4 cm³/mol. The van der Waals surface area contributed by atoms with Gasteiger partial charge in [0, 0.05) is 5.75 Å². The molecule has 0 spiro atoms. The number of carboxylic acid groups (broad SMARTS) is 1. The minimum absolute atomic E-state index is 0.0684. The summed E-state index contributed by atoms with van der Waals surface area (Å²) in [6.07, 6.45) is 0. The fourth-order valence-electron chi connectivity index (χ4n) is 1.85. The molecule has 0 saturated carbocycles. The highest BCUT2D eigenvalue weighted by molar-refractivity contribution is 7.99. The molecule has 1 aromatic rings. The van der Waals surface area contributed by atoms with Crippen molar-refractivity contribution in [2.75, 3.05) is 12.9 Å². The number of hydrogen-bond donors (Lipinski definition) is 2. The first-order valence-electron chi connectivity index (χ1n) is 5.74. The van der Waals surface area contributed by atoms with Gasteiger partial charge in [-0.2, -0.15) is 8.78 Å². The van der Waals surface area contributed by atoms with E-state index in [1.54, 1.807) is 6.07 Å². The minimum atomic E-state index is -2.95. The van der Waals surface area contributed by atoms with Crippen molar-refractivity contribution < 1.29 is 28.2 Å². The van der Waals surface area contributed by atoms with E-state index in [9.17, 15) is 13.6 Å². The third-order valence-corrected chi connectivity index (χ3v) is 4.05. The van der Waals surface area contributed by atoms with E-state index in [0.717, 1.165) is 0 Å². The summed E-state index contributed by atoms with van der Waals surface area (Å²) in [6, 6.07) is 3.99. The summed E-state index contributed by atoms with van der Waals surface area (Å²) < 4.78 is 34.0. The number of alkyl halides is 2. The number of carbonyl (C=O) groups is 1. The number of hydrogen-bond acceptors (Lipinski definition) is 5. The Hall–Kier alpha value is -1.54. The van der Waals surface area contributed by atoms with Crippen LogP contribution in [0.3, 0.4) is 0 Å². The zero-order valence-corrected chi connectivity index (χ0v) is 11.3. The number of nitrogens with one attached hydrogen (secondary N) is 1. The van der Waals surface area contributed by atoms with Crippen LogP contribution in [0.15, 0.2) is 18.2 Å². The van der Waals surface area contributed by atoms with E-state index in [1.165, 1.54) is 31.0 Å². The second kappa shape index (κ2) is 6.27. The molecule has 0 radical (unpaired) electrons. The van der Waals surface area contributed by atoms with Crippen molar-refractivity contribution in [3.63, 3.8) is 0 Å². The fourth-order valence-corrected chi connectivity index (χ4v) is 3.07. The second-order valence-corrected chi connectivity index (χ2v) is 5.20. The van der Waals surface area contributed by atoms with Gasteiger partial charge in [0.1, 0.15) is 6.04 Å². The van der Waals surface area contributed by atoms with Gasteiger partial charge in [-0.15, -0.1) is 11.8 Å². The van der Waals surface area contributed by atoms with E-state index in [1.807, 2.05) is 0 Å². The molecule has 110 valence electrons. The zero-order chi connectivity index (χ0) is 14.7. The Morgan fingerprint density at radius 1 is 1.50 bits per heavy atom. The summed E-state index contributed by atoms with van der Waals surface area (Å²) in [6.45, 7) is -2.95. The molecule has 2 atom stereocenters. The number of halogens is 2. The molecule has 1 saturated heterocycles. The van der Waals surface area contributed by atoms with Crippen molar-refractivity contribution in [3.05, 3.63) is 23.8 Å². The zero-order valence-electron chi connectivity index (χ0n) is 10.5. The van der Waals surface area contributed by atoms with Crippen LogP contribution in [0.5, 0.6) is 11.5 Å². The van der Waals surface area contributed by atoms with E-state index in [-0.39, 0.29) is 16.9 Å². The molecule has 20 heavy (non-hydrogen) atoms. The highest BCUT2D eigenvalue weighted by Gasteiger charge is 2.30. The Kier molecular flexibility index (Phi) is 4.66. The Bertz CT molecular complexity index is 500. The topological polar surface area (TPSA) is 67.8 Å². The summed E-state index contributed by atoms with van der Waals surface area (Å²) in [5, 5.41) is 11.5. The molecule has 8 heteroatoms. The SMILES string of the molecule is COc1ccc(C2NC(C(=O)O)CS2)cc1OC(F)F. The fraction of sp³-hybridized carbons (Fsp3) is 0.417. The molecular formula is C12H13F2NO4S. The molecule has 0 aromatic heterocycles. The molecule has 1 heterocycles. The first-order chi connectivity index (χ1) is 9.51. The lowest BCUT2D eigenvalue weighted by Crippen LogP contribution is -2.33. The Morgan fingerprint density at radius 2 is 2.25 bits per heavy atom. The second-order valence-electron chi connectivity index (χ2n) is 4.06. The first kappa shape index (κ1) is 14.9. The number of benzene rings is 1. The van der Waals surface area contributed by atoms with Crippen LogP contribution in [0.25, 0.3) is 0 Å². The van der Waals surface area contributed by atoms with Crippen LogP contribution in [-0.2, 0) is 4.79 Å². The van der Waals surface area contributed by atoms with Crippen LogP contribution < -0.4 is 14.8 Å². The summed E-state index contributed by atoms with van der Waals surface area (Å²) in [7, 11) is 1.36. The number of rotatable bonds is 5. The first-order valence-corrected chi connectivity index (χ1v) is 6.79. The lowest BCUT2D eigenvalue weighted by molar-refractivity contribution is -0.138. The molecule has 2 unspecified atom stereocenters. The summed E-state index contributed by atoms with van der Waals surface area (Å²) in [5.74, 6) is -0.387. The van der Waals surface area contributed by atoms with Gasteiger partial charge >= 0.3 is 12.6 Å². The van der Waals surface area contributed by atoms with E-state index >= 15 is 0 Å². The van der Waals surface area contributed by atoms with Crippen molar-refractivity contribution in [1.29, 1.82) is 0 Å². The summed E-state index contributed by atoms with van der Waals surface area (Å²) >= 11 is 1.40. The number of aliphatic carboxylic acids is 1. The number of methoxy groups -OCH3 is 1. The van der Waals surface area contributed by atoms with Gasteiger partial charge in [0.05, 0.1) is 12.5 Å². The van der Waals surface area contributed by atoms with Gasteiger partial charge in [-0.05, 0) is 17.7 Å². The van der Waals surface area contributed by atoms with Crippen LogP contribution in [0.4, 0.5) is 8.78 Å².